The largest absolute Gasteiger partial charge is 0.487 e. The van der Waals surface area contributed by atoms with Gasteiger partial charge in [0.15, 0.2) is 11.4 Å². The Balaban J connectivity index is 2.11. The number of hydrogen-bond acceptors (Lipinski definition) is 5. The number of aromatic carboxylic acids is 1. The molecule has 0 spiro atoms. The molecule has 0 aliphatic carbocycles. The van der Waals surface area contributed by atoms with E-state index < -0.39 is 5.97 Å². The Morgan fingerprint density at radius 3 is 3.00 bits per heavy atom. The van der Waals surface area contributed by atoms with Gasteiger partial charge in [-0.1, -0.05) is 13.8 Å². The summed E-state index contributed by atoms with van der Waals surface area (Å²) in [5.41, 5.74) is -0.0864. The van der Waals surface area contributed by atoms with E-state index in [1.165, 1.54) is 6.20 Å². The molecule has 1 aliphatic rings. The van der Waals surface area contributed by atoms with Crippen LogP contribution in [0.15, 0.2) is 6.20 Å². The average Bonchev–Trinajstić information content (AvgIpc) is 2.89. The third kappa shape index (κ3) is 3.41. The molecule has 2 heterocycles. The molecule has 1 saturated heterocycles. The molecule has 0 aromatic carbocycles. The fourth-order valence-corrected chi connectivity index (χ4v) is 1.88. The topological polar surface area (TPSA) is 81.5 Å². The SMILES string of the molecule is CC(C)c1ncc(OCC2CCCO2)c(C(=O)O)n1. The molecule has 0 saturated carbocycles. The van der Waals surface area contributed by atoms with Crippen molar-refractivity contribution in [3.8, 4) is 5.75 Å². The van der Waals surface area contributed by atoms with Crippen LogP contribution >= 0.6 is 0 Å². The second kappa shape index (κ2) is 5.97. The molecule has 6 heteroatoms. The minimum Gasteiger partial charge on any atom is -0.487 e. The third-order valence-electron chi connectivity index (χ3n) is 2.94. The summed E-state index contributed by atoms with van der Waals surface area (Å²) < 4.78 is 10.9. The van der Waals surface area contributed by atoms with E-state index in [4.69, 9.17) is 14.6 Å². The Labute approximate surface area is 111 Å². The number of ether oxygens (including phenoxy) is 2. The van der Waals surface area contributed by atoms with Gasteiger partial charge in [0.1, 0.15) is 12.4 Å². The number of carboxylic acid groups (broad SMARTS) is 1. The van der Waals surface area contributed by atoms with Crippen molar-refractivity contribution >= 4 is 5.97 Å². The van der Waals surface area contributed by atoms with Crippen LogP contribution in [0.4, 0.5) is 0 Å². The predicted octanol–water partition coefficient (Wildman–Crippen LogP) is 1.86. The van der Waals surface area contributed by atoms with Gasteiger partial charge in [-0.25, -0.2) is 14.8 Å². The van der Waals surface area contributed by atoms with Crippen molar-refractivity contribution in [2.45, 2.75) is 38.7 Å². The van der Waals surface area contributed by atoms with E-state index in [-0.39, 0.29) is 23.5 Å². The van der Waals surface area contributed by atoms with E-state index in [0.717, 1.165) is 19.4 Å². The van der Waals surface area contributed by atoms with Crippen LogP contribution in [0, 0.1) is 0 Å². The normalized spacial score (nSPS) is 18.8. The van der Waals surface area contributed by atoms with Gasteiger partial charge in [-0.2, -0.15) is 0 Å². The number of carboxylic acids is 1. The van der Waals surface area contributed by atoms with Crippen molar-refractivity contribution in [1.82, 2.24) is 9.97 Å². The zero-order valence-corrected chi connectivity index (χ0v) is 11.1. The zero-order valence-electron chi connectivity index (χ0n) is 11.1. The highest BCUT2D eigenvalue weighted by Crippen LogP contribution is 2.20. The number of aromatic nitrogens is 2. The van der Waals surface area contributed by atoms with Crippen LogP contribution in [0.1, 0.15) is 48.9 Å². The summed E-state index contributed by atoms with van der Waals surface area (Å²) in [6, 6.07) is 0. The van der Waals surface area contributed by atoms with Crippen molar-refractivity contribution < 1.29 is 19.4 Å². The van der Waals surface area contributed by atoms with Crippen molar-refractivity contribution in [2.24, 2.45) is 0 Å². The van der Waals surface area contributed by atoms with Crippen LogP contribution in [0.3, 0.4) is 0 Å². The highest BCUT2D eigenvalue weighted by Gasteiger charge is 2.20. The maximum Gasteiger partial charge on any atom is 0.358 e. The molecule has 1 unspecified atom stereocenters. The van der Waals surface area contributed by atoms with Gasteiger partial charge in [0, 0.05) is 12.5 Å². The first kappa shape index (κ1) is 13.7. The Morgan fingerprint density at radius 1 is 1.63 bits per heavy atom. The monoisotopic (exact) mass is 266 g/mol. The van der Waals surface area contributed by atoms with Gasteiger partial charge in [0.25, 0.3) is 0 Å². The predicted molar refractivity (Wildman–Crippen MR) is 67.5 cm³/mol. The van der Waals surface area contributed by atoms with E-state index in [9.17, 15) is 4.79 Å². The maximum atomic E-state index is 11.2. The fourth-order valence-electron chi connectivity index (χ4n) is 1.88. The highest BCUT2D eigenvalue weighted by molar-refractivity contribution is 5.88. The fraction of sp³-hybridized carbons (Fsp3) is 0.615. The summed E-state index contributed by atoms with van der Waals surface area (Å²) in [4.78, 5) is 19.4. The summed E-state index contributed by atoms with van der Waals surface area (Å²) in [5.74, 6) is -0.328. The van der Waals surface area contributed by atoms with Crippen LogP contribution in [-0.2, 0) is 4.74 Å². The Bertz CT molecular complexity index is 456. The summed E-state index contributed by atoms with van der Waals surface area (Å²) in [6.07, 6.45) is 3.42. The van der Waals surface area contributed by atoms with Gasteiger partial charge < -0.3 is 14.6 Å². The lowest BCUT2D eigenvalue weighted by molar-refractivity contribution is 0.0621. The first-order valence-corrected chi connectivity index (χ1v) is 6.42. The molecule has 104 valence electrons. The Hall–Kier alpha value is -1.69. The molecular weight excluding hydrogens is 248 g/mol. The van der Waals surface area contributed by atoms with E-state index in [1.54, 1.807) is 0 Å². The van der Waals surface area contributed by atoms with Crippen molar-refractivity contribution in [2.75, 3.05) is 13.2 Å². The second-order valence-corrected chi connectivity index (χ2v) is 4.85. The molecule has 0 bridgehead atoms. The quantitative estimate of drug-likeness (QED) is 0.876. The van der Waals surface area contributed by atoms with Gasteiger partial charge in [0.05, 0.1) is 12.3 Å². The summed E-state index contributed by atoms with van der Waals surface area (Å²) in [5, 5.41) is 9.16. The first-order chi connectivity index (χ1) is 9.08. The Morgan fingerprint density at radius 2 is 2.42 bits per heavy atom. The third-order valence-corrected chi connectivity index (χ3v) is 2.94. The Kier molecular flexibility index (Phi) is 4.31. The van der Waals surface area contributed by atoms with E-state index in [0.29, 0.717) is 12.4 Å². The minimum absolute atomic E-state index is 0.0337. The van der Waals surface area contributed by atoms with Crippen LogP contribution in [0.2, 0.25) is 0 Å². The molecule has 1 aliphatic heterocycles. The number of nitrogens with zero attached hydrogens (tertiary/aromatic N) is 2. The summed E-state index contributed by atoms with van der Waals surface area (Å²) in [7, 11) is 0. The van der Waals surface area contributed by atoms with Gasteiger partial charge >= 0.3 is 5.97 Å². The van der Waals surface area contributed by atoms with E-state index in [1.807, 2.05) is 13.8 Å². The molecule has 1 N–H and O–H groups in total. The number of hydrogen-bond donors (Lipinski definition) is 1. The highest BCUT2D eigenvalue weighted by atomic mass is 16.5. The van der Waals surface area contributed by atoms with E-state index in [2.05, 4.69) is 9.97 Å². The molecule has 2 rings (SSSR count). The van der Waals surface area contributed by atoms with Crippen LogP contribution in [0.25, 0.3) is 0 Å². The lowest BCUT2D eigenvalue weighted by atomic mass is 10.2. The minimum atomic E-state index is -1.10. The second-order valence-electron chi connectivity index (χ2n) is 4.85. The lowest BCUT2D eigenvalue weighted by Gasteiger charge is -2.13. The molecule has 1 aromatic heterocycles. The van der Waals surface area contributed by atoms with Crippen LogP contribution < -0.4 is 4.74 Å². The molecule has 1 fully saturated rings. The molecule has 1 aromatic rings. The van der Waals surface area contributed by atoms with Crippen LogP contribution in [-0.4, -0.2) is 40.4 Å². The van der Waals surface area contributed by atoms with Gasteiger partial charge in [-0.3, -0.25) is 0 Å². The summed E-state index contributed by atoms with van der Waals surface area (Å²) in [6.45, 7) is 4.90. The van der Waals surface area contributed by atoms with Gasteiger partial charge in [-0.15, -0.1) is 0 Å². The number of rotatable bonds is 5. The first-order valence-electron chi connectivity index (χ1n) is 6.42. The van der Waals surface area contributed by atoms with Crippen molar-refractivity contribution in [3.63, 3.8) is 0 Å². The van der Waals surface area contributed by atoms with Crippen molar-refractivity contribution in [1.29, 1.82) is 0 Å². The van der Waals surface area contributed by atoms with E-state index >= 15 is 0 Å². The number of carbonyl (C=O) groups is 1. The zero-order chi connectivity index (χ0) is 13.8. The van der Waals surface area contributed by atoms with Crippen molar-refractivity contribution in [3.05, 3.63) is 17.7 Å². The van der Waals surface area contributed by atoms with Gasteiger partial charge in [0.2, 0.25) is 0 Å². The molecule has 6 nitrogen and oxygen atoms in total. The molecule has 19 heavy (non-hydrogen) atoms. The summed E-state index contributed by atoms with van der Waals surface area (Å²) >= 11 is 0. The molecule has 1 atom stereocenters. The lowest BCUT2D eigenvalue weighted by Crippen LogP contribution is -2.18. The average molecular weight is 266 g/mol. The molecule has 0 amide bonds. The van der Waals surface area contributed by atoms with Crippen LogP contribution in [0.5, 0.6) is 5.75 Å². The standard InChI is InChI=1S/C13H18N2O4/c1-8(2)12-14-6-10(11(15-12)13(16)17)19-7-9-4-3-5-18-9/h6,8-9H,3-5,7H2,1-2H3,(H,16,17). The molecular formula is C13H18N2O4. The maximum absolute atomic E-state index is 11.2. The molecule has 0 radical (unpaired) electrons. The smallest absolute Gasteiger partial charge is 0.358 e. The van der Waals surface area contributed by atoms with Gasteiger partial charge in [-0.05, 0) is 12.8 Å².